The van der Waals surface area contributed by atoms with E-state index in [2.05, 4.69) is 27.8 Å². The Labute approximate surface area is 93.3 Å². The number of hydrogen-bond donors (Lipinski definition) is 1. The van der Waals surface area contributed by atoms with Crippen LogP contribution < -0.4 is 0 Å². The van der Waals surface area contributed by atoms with Crippen LogP contribution in [0.1, 0.15) is 18.9 Å². The summed E-state index contributed by atoms with van der Waals surface area (Å²) in [6.45, 7) is 1.78. The van der Waals surface area contributed by atoms with Crippen molar-refractivity contribution in [3.63, 3.8) is 0 Å². The van der Waals surface area contributed by atoms with Crippen LogP contribution in [0.4, 0.5) is 0 Å². The number of rotatable bonds is 3. The molecule has 0 aliphatic heterocycles. The third-order valence-corrected chi connectivity index (χ3v) is 2.43. The monoisotopic (exact) mass is 252 g/mol. The molecule has 1 atom stereocenters. The first-order valence-electron chi connectivity index (χ1n) is 4.54. The largest absolute Gasteiger partial charge is 0.392 e. The summed E-state index contributed by atoms with van der Waals surface area (Å²) in [4.78, 5) is 0. The van der Waals surface area contributed by atoms with Crippen molar-refractivity contribution in [2.24, 2.45) is 0 Å². The molecule has 0 fully saturated rings. The van der Waals surface area contributed by atoms with E-state index in [1.54, 1.807) is 6.92 Å². The highest BCUT2D eigenvalue weighted by atomic mass is 79.9. The SMILES string of the molecule is CC#CCC(O)Cc1ccc(Br)cc1. The molecule has 0 heterocycles. The van der Waals surface area contributed by atoms with Gasteiger partial charge in [0.2, 0.25) is 0 Å². The molecule has 1 aromatic carbocycles. The van der Waals surface area contributed by atoms with E-state index < -0.39 is 0 Å². The van der Waals surface area contributed by atoms with Crippen LogP contribution in [0.25, 0.3) is 0 Å². The fourth-order valence-electron chi connectivity index (χ4n) is 1.18. The van der Waals surface area contributed by atoms with E-state index in [0.717, 1.165) is 10.0 Å². The number of hydrogen-bond acceptors (Lipinski definition) is 1. The molecular formula is C12H13BrO. The van der Waals surface area contributed by atoms with Crippen molar-refractivity contribution < 1.29 is 5.11 Å². The van der Waals surface area contributed by atoms with Crippen LogP contribution in [-0.2, 0) is 6.42 Å². The lowest BCUT2D eigenvalue weighted by molar-refractivity contribution is 0.180. The van der Waals surface area contributed by atoms with Gasteiger partial charge in [-0.2, -0.15) is 0 Å². The van der Waals surface area contributed by atoms with Crippen LogP contribution in [0.3, 0.4) is 0 Å². The molecule has 0 spiro atoms. The highest BCUT2D eigenvalue weighted by Gasteiger charge is 2.03. The van der Waals surface area contributed by atoms with Gasteiger partial charge < -0.3 is 5.11 Å². The molecule has 0 aliphatic rings. The number of aliphatic hydroxyl groups is 1. The van der Waals surface area contributed by atoms with E-state index >= 15 is 0 Å². The lowest BCUT2D eigenvalue weighted by Crippen LogP contribution is -2.08. The smallest absolute Gasteiger partial charge is 0.0689 e. The maximum atomic E-state index is 9.59. The van der Waals surface area contributed by atoms with Gasteiger partial charge in [0.1, 0.15) is 0 Å². The predicted octanol–water partition coefficient (Wildman–Crippen LogP) is 2.77. The van der Waals surface area contributed by atoms with E-state index in [4.69, 9.17) is 0 Å². The van der Waals surface area contributed by atoms with Gasteiger partial charge in [-0.3, -0.25) is 0 Å². The normalized spacial score (nSPS) is 11.6. The van der Waals surface area contributed by atoms with Crippen molar-refractivity contribution in [2.45, 2.75) is 25.9 Å². The zero-order chi connectivity index (χ0) is 10.4. The third kappa shape index (κ3) is 3.95. The van der Waals surface area contributed by atoms with Crippen molar-refractivity contribution >= 4 is 15.9 Å². The minimum atomic E-state index is -0.358. The Bertz CT molecular complexity index is 332. The van der Waals surface area contributed by atoms with Gasteiger partial charge >= 0.3 is 0 Å². The summed E-state index contributed by atoms with van der Waals surface area (Å²) < 4.78 is 1.06. The summed E-state index contributed by atoms with van der Waals surface area (Å²) in [6.07, 6.45) is 0.859. The highest BCUT2D eigenvalue weighted by molar-refractivity contribution is 9.10. The van der Waals surface area contributed by atoms with Crippen LogP contribution >= 0.6 is 15.9 Å². The molecule has 0 aliphatic carbocycles. The second-order valence-corrected chi connectivity index (χ2v) is 4.03. The first-order chi connectivity index (χ1) is 6.72. The minimum absolute atomic E-state index is 0.358. The van der Waals surface area contributed by atoms with Gasteiger partial charge in [-0.15, -0.1) is 11.8 Å². The van der Waals surface area contributed by atoms with Crippen LogP contribution in [0.15, 0.2) is 28.7 Å². The first-order valence-corrected chi connectivity index (χ1v) is 5.34. The molecule has 14 heavy (non-hydrogen) atoms. The first kappa shape index (κ1) is 11.3. The van der Waals surface area contributed by atoms with Crippen molar-refractivity contribution in [1.82, 2.24) is 0 Å². The second kappa shape index (κ2) is 5.85. The minimum Gasteiger partial charge on any atom is -0.392 e. The molecule has 0 saturated heterocycles. The Balaban J connectivity index is 2.50. The fraction of sp³-hybridized carbons (Fsp3) is 0.333. The zero-order valence-electron chi connectivity index (χ0n) is 8.13. The van der Waals surface area contributed by atoms with E-state index in [-0.39, 0.29) is 6.10 Å². The van der Waals surface area contributed by atoms with Crippen LogP contribution in [0.5, 0.6) is 0 Å². The Kier molecular flexibility index (Phi) is 4.72. The van der Waals surface area contributed by atoms with Crippen molar-refractivity contribution in [1.29, 1.82) is 0 Å². The van der Waals surface area contributed by atoms with Gasteiger partial charge in [0.05, 0.1) is 6.10 Å². The molecule has 1 nitrogen and oxygen atoms in total. The van der Waals surface area contributed by atoms with E-state index in [1.807, 2.05) is 24.3 Å². The molecule has 74 valence electrons. The fourth-order valence-corrected chi connectivity index (χ4v) is 1.45. The van der Waals surface area contributed by atoms with E-state index in [0.29, 0.717) is 12.8 Å². The average Bonchev–Trinajstić information content (AvgIpc) is 2.18. The second-order valence-electron chi connectivity index (χ2n) is 3.12. The quantitative estimate of drug-likeness (QED) is 0.821. The maximum Gasteiger partial charge on any atom is 0.0689 e. The zero-order valence-corrected chi connectivity index (χ0v) is 9.71. The lowest BCUT2D eigenvalue weighted by atomic mass is 10.1. The summed E-state index contributed by atoms with van der Waals surface area (Å²) in [5.74, 6) is 5.65. The van der Waals surface area contributed by atoms with E-state index in [1.165, 1.54) is 0 Å². The number of benzene rings is 1. The van der Waals surface area contributed by atoms with Crippen molar-refractivity contribution in [3.05, 3.63) is 34.3 Å². The van der Waals surface area contributed by atoms with Gasteiger partial charge in [0.15, 0.2) is 0 Å². The third-order valence-electron chi connectivity index (χ3n) is 1.90. The molecule has 1 N–H and O–H groups in total. The van der Waals surface area contributed by atoms with Gasteiger partial charge in [0, 0.05) is 10.9 Å². The van der Waals surface area contributed by atoms with Gasteiger partial charge in [-0.05, 0) is 31.0 Å². The topological polar surface area (TPSA) is 20.2 Å². The maximum absolute atomic E-state index is 9.59. The summed E-state index contributed by atoms with van der Waals surface area (Å²) in [5, 5.41) is 9.59. The molecule has 1 unspecified atom stereocenters. The molecule has 0 aromatic heterocycles. The predicted molar refractivity (Wildman–Crippen MR) is 61.9 cm³/mol. The van der Waals surface area contributed by atoms with Gasteiger partial charge in [0.25, 0.3) is 0 Å². The molecule has 2 heteroatoms. The molecular weight excluding hydrogens is 240 g/mol. The van der Waals surface area contributed by atoms with Crippen molar-refractivity contribution in [3.8, 4) is 11.8 Å². The lowest BCUT2D eigenvalue weighted by Gasteiger charge is -2.06. The Morgan fingerprint density at radius 1 is 1.36 bits per heavy atom. The van der Waals surface area contributed by atoms with Crippen LogP contribution in [0, 0.1) is 11.8 Å². The molecule has 0 amide bonds. The van der Waals surface area contributed by atoms with Gasteiger partial charge in [-0.1, -0.05) is 28.1 Å². The molecule has 1 aromatic rings. The number of halogens is 1. The Hall–Kier alpha value is -0.780. The summed E-state index contributed by atoms with van der Waals surface area (Å²) >= 11 is 3.37. The number of aliphatic hydroxyl groups excluding tert-OH is 1. The van der Waals surface area contributed by atoms with Crippen molar-refractivity contribution in [2.75, 3.05) is 0 Å². The summed E-state index contributed by atoms with van der Waals surface area (Å²) in [7, 11) is 0. The summed E-state index contributed by atoms with van der Waals surface area (Å²) in [6, 6.07) is 7.97. The summed E-state index contributed by atoms with van der Waals surface area (Å²) in [5.41, 5.74) is 1.14. The highest BCUT2D eigenvalue weighted by Crippen LogP contribution is 2.12. The van der Waals surface area contributed by atoms with E-state index in [9.17, 15) is 5.11 Å². The Morgan fingerprint density at radius 2 is 2.00 bits per heavy atom. The molecule has 0 radical (unpaired) electrons. The molecule has 1 rings (SSSR count). The van der Waals surface area contributed by atoms with Crippen LogP contribution in [0.2, 0.25) is 0 Å². The molecule has 0 saturated carbocycles. The Morgan fingerprint density at radius 3 is 2.57 bits per heavy atom. The average molecular weight is 253 g/mol. The van der Waals surface area contributed by atoms with Crippen LogP contribution in [-0.4, -0.2) is 11.2 Å². The molecule has 0 bridgehead atoms. The van der Waals surface area contributed by atoms with Gasteiger partial charge in [-0.25, -0.2) is 0 Å². The standard InChI is InChI=1S/C12H13BrO/c1-2-3-4-12(14)9-10-5-7-11(13)8-6-10/h5-8,12,14H,4,9H2,1H3.